The minimum atomic E-state index is 0.617. The molecule has 0 saturated heterocycles. The fraction of sp³-hybridized carbons (Fsp3) is 0.0435. The van der Waals surface area contributed by atoms with Crippen molar-refractivity contribution in [2.24, 2.45) is 5.10 Å². The van der Waals surface area contributed by atoms with Crippen molar-refractivity contribution < 1.29 is 9.15 Å². The van der Waals surface area contributed by atoms with Crippen LogP contribution >= 0.6 is 22.9 Å². The third-order valence-electron chi connectivity index (χ3n) is 4.65. The minimum absolute atomic E-state index is 0.617. The molecule has 0 amide bonds. The lowest BCUT2D eigenvalue weighted by Crippen LogP contribution is -2.07. The van der Waals surface area contributed by atoms with Crippen LogP contribution in [0.2, 0.25) is 5.02 Å². The molecule has 148 valence electrons. The third kappa shape index (κ3) is 3.63. The van der Waals surface area contributed by atoms with Crippen molar-refractivity contribution in [3.63, 3.8) is 0 Å². The zero-order chi connectivity index (χ0) is 20.5. The van der Waals surface area contributed by atoms with Crippen molar-refractivity contribution in [2.75, 3.05) is 12.5 Å². The molecule has 0 bridgehead atoms. The second-order valence-electron chi connectivity index (χ2n) is 6.58. The standard InChI is InChI=1S/C23H16ClN3O2S/c1-28-16-9-6-14(7-10-16)21-13-19(17-12-15(24)8-11-20(17)29-21)26-27-23-25-18-4-2-3-5-22(18)30-23/h2-13H,1H3,(H,25,27). The molecular formula is C23H16ClN3O2S. The number of methoxy groups -OCH3 is 1. The zero-order valence-corrected chi connectivity index (χ0v) is 17.5. The Morgan fingerprint density at radius 3 is 2.67 bits per heavy atom. The molecule has 5 nitrogen and oxygen atoms in total. The highest BCUT2D eigenvalue weighted by Crippen LogP contribution is 2.27. The number of benzene rings is 3. The monoisotopic (exact) mass is 433 g/mol. The van der Waals surface area contributed by atoms with Gasteiger partial charge in [-0.15, -0.1) is 0 Å². The predicted molar refractivity (Wildman–Crippen MR) is 122 cm³/mol. The van der Waals surface area contributed by atoms with Crippen LogP contribution < -0.4 is 15.5 Å². The molecule has 0 aliphatic carbocycles. The Bertz CT molecular complexity index is 1390. The van der Waals surface area contributed by atoms with Gasteiger partial charge in [-0.05, 0) is 54.6 Å². The summed E-state index contributed by atoms with van der Waals surface area (Å²) in [5.41, 5.74) is 5.64. The Morgan fingerprint density at radius 2 is 1.87 bits per heavy atom. The normalized spacial score (nSPS) is 11.9. The molecular weight excluding hydrogens is 418 g/mol. The number of hydrogen-bond acceptors (Lipinski definition) is 6. The SMILES string of the molecule is COc1ccc(-c2cc(=NNc3nc4ccccc4s3)c3cc(Cl)ccc3o2)cc1. The van der Waals surface area contributed by atoms with Crippen molar-refractivity contribution >= 4 is 49.3 Å². The molecule has 5 rings (SSSR count). The number of thiazole rings is 1. The summed E-state index contributed by atoms with van der Waals surface area (Å²) in [5, 5.41) is 7.48. The van der Waals surface area contributed by atoms with E-state index in [1.807, 2.05) is 66.7 Å². The second-order valence-corrected chi connectivity index (χ2v) is 8.04. The number of rotatable bonds is 4. The van der Waals surface area contributed by atoms with Crippen molar-refractivity contribution in [1.29, 1.82) is 0 Å². The van der Waals surface area contributed by atoms with Crippen molar-refractivity contribution in [3.05, 3.63) is 83.2 Å². The highest BCUT2D eigenvalue weighted by molar-refractivity contribution is 7.22. The summed E-state index contributed by atoms with van der Waals surface area (Å²) in [6.45, 7) is 0. The summed E-state index contributed by atoms with van der Waals surface area (Å²) in [5.74, 6) is 1.48. The smallest absolute Gasteiger partial charge is 0.204 e. The number of nitrogens with zero attached hydrogens (tertiary/aromatic N) is 2. The maximum Gasteiger partial charge on any atom is 0.204 e. The lowest BCUT2D eigenvalue weighted by molar-refractivity contribution is 0.415. The quantitative estimate of drug-likeness (QED) is 0.338. The molecule has 0 saturated carbocycles. The number of halogens is 1. The van der Waals surface area contributed by atoms with Crippen LogP contribution in [0.25, 0.3) is 32.5 Å². The van der Waals surface area contributed by atoms with Crippen LogP contribution in [0.4, 0.5) is 5.13 Å². The Morgan fingerprint density at radius 1 is 1.03 bits per heavy atom. The molecule has 0 spiro atoms. The Kier molecular flexibility index (Phi) is 4.86. The Hall–Kier alpha value is -3.35. The van der Waals surface area contributed by atoms with Gasteiger partial charge in [0.25, 0.3) is 0 Å². The molecule has 3 aromatic carbocycles. The first-order valence-corrected chi connectivity index (χ1v) is 10.4. The molecule has 0 fully saturated rings. The van der Waals surface area contributed by atoms with Crippen LogP contribution in [-0.4, -0.2) is 12.1 Å². The van der Waals surface area contributed by atoms with Gasteiger partial charge in [-0.25, -0.2) is 4.98 Å². The van der Waals surface area contributed by atoms with Gasteiger partial charge in [0.1, 0.15) is 17.1 Å². The lowest BCUT2D eigenvalue weighted by atomic mass is 10.1. The fourth-order valence-electron chi connectivity index (χ4n) is 3.16. The molecule has 0 aliphatic rings. The summed E-state index contributed by atoms with van der Waals surface area (Å²) >= 11 is 7.77. The fourth-order valence-corrected chi connectivity index (χ4v) is 4.14. The van der Waals surface area contributed by atoms with Gasteiger partial charge in [0.15, 0.2) is 0 Å². The molecule has 0 radical (unpaired) electrons. The van der Waals surface area contributed by atoms with Crippen molar-refractivity contribution in [3.8, 4) is 17.1 Å². The highest BCUT2D eigenvalue weighted by atomic mass is 35.5. The van der Waals surface area contributed by atoms with Crippen LogP contribution in [0.5, 0.6) is 5.75 Å². The van der Waals surface area contributed by atoms with Crippen LogP contribution in [0.3, 0.4) is 0 Å². The van der Waals surface area contributed by atoms with Gasteiger partial charge in [-0.1, -0.05) is 35.1 Å². The number of nitrogens with one attached hydrogen (secondary N) is 1. The van der Waals surface area contributed by atoms with Crippen LogP contribution in [0, 0.1) is 0 Å². The van der Waals surface area contributed by atoms with E-state index in [4.69, 9.17) is 20.8 Å². The zero-order valence-electron chi connectivity index (χ0n) is 15.9. The van der Waals surface area contributed by atoms with Gasteiger partial charge < -0.3 is 9.15 Å². The van der Waals surface area contributed by atoms with E-state index in [9.17, 15) is 0 Å². The first kappa shape index (κ1) is 18.7. The Balaban J connectivity index is 1.62. The van der Waals surface area contributed by atoms with E-state index < -0.39 is 0 Å². The first-order chi connectivity index (χ1) is 14.7. The van der Waals surface area contributed by atoms with Crippen molar-refractivity contribution in [1.82, 2.24) is 4.98 Å². The topological polar surface area (TPSA) is 59.6 Å². The maximum atomic E-state index is 6.22. The van der Waals surface area contributed by atoms with Gasteiger partial charge in [-0.3, -0.25) is 5.43 Å². The molecule has 5 aromatic rings. The van der Waals surface area contributed by atoms with Gasteiger partial charge in [0.2, 0.25) is 5.13 Å². The first-order valence-electron chi connectivity index (χ1n) is 9.23. The van der Waals surface area contributed by atoms with Gasteiger partial charge in [0.05, 0.1) is 22.7 Å². The molecule has 0 unspecified atom stereocenters. The average Bonchev–Trinajstić information content (AvgIpc) is 3.20. The molecule has 1 N–H and O–H groups in total. The Labute approximate surface area is 181 Å². The van der Waals surface area contributed by atoms with E-state index in [0.717, 1.165) is 32.0 Å². The second kappa shape index (κ2) is 7.82. The lowest BCUT2D eigenvalue weighted by Gasteiger charge is -2.06. The molecule has 2 aromatic heterocycles. The van der Waals surface area contributed by atoms with Crippen molar-refractivity contribution in [2.45, 2.75) is 0 Å². The number of para-hydroxylation sites is 1. The molecule has 0 atom stereocenters. The van der Waals surface area contributed by atoms with E-state index in [0.29, 0.717) is 21.7 Å². The summed E-state index contributed by atoms with van der Waals surface area (Å²) in [4.78, 5) is 4.58. The summed E-state index contributed by atoms with van der Waals surface area (Å²) in [6, 6.07) is 23.1. The summed E-state index contributed by atoms with van der Waals surface area (Å²) < 4.78 is 12.5. The van der Waals surface area contributed by atoms with Crippen LogP contribution in [0.1, 0.15) is 0 Å². The van der Waals surface area contributed by atoms with Gasteiger partial charge in [0, 0.05) is 22.0 Å². The number of hydrogen-bond donors (Lipinski definition) is 1. The van der Waals surface area contributed by atoms with Crippen LogP contribution in [0.15, 0.2) is 82.3 Å². The van der Waals surface area contributed by atoms with Gasteiger partial charge >= 0.3 is 0 Å². The van der Waals surface area contributed by atoms with E-state index in [1.165, 1.54) is 0 Å². The summed E-state index contributed by atoms with van der Waals surface area (Å²) in [7, 11) is 1.64. The largest absolute Gasteiger partial charge is 0.497 e. The number of anilines is 1. The molecule has 2 heterocycles. The molecule has 30 heavy (non-hydrogen) atoms. The number of ether oxygens (including phenoxy) is 1. The predicted octanol–water partition coefficient (Wildman–Crippen LogP) is 6.30. The molecule has 7 heteroatoms. The van der Waals surface area contributed by atoms with Gasteiger partial charge in [-0.2, -0.15) is 5.10 Å². The minimum Gasteiger partial charge on any atom is -0.497 e. The van der Waals surface area contributed by atoms with E-state index in [-0.39, 0.29) is 0 Å². The number of fused-ring (bicyclic) bond motifs is 2. The summed E-state index contributed by atoms with van der Waals surface area (Å²) in [6.07, 6.45) is 0. The average molecular weight is 434 g/mol. The maximum absolute atomic E-state index is 6.22. The van der Waals surface area contributed by atoms with Crippen LogP contribution in [-0.2, 0) is 0 Å². The third-order valence-corrected chi connectivity index (χ3v) is 5.82. The van der Waals surface area contributed by atoms with E-state index in [2.05, 4.69) is 15.5 Å². The van der Waals surface area contributed by atoms with E-state index in [1.54, 1.807) is 24.5 Å². The highest BCUT2D eigenvalue weighted by Gasteiger charge is 2.08. The molecule has 0 aliphatic heterocycles. The van der Waals surface area contributed by atoms with E-state index >= 15 is 0 Å². The number of aromatic nitrogens is 1.